The number of anilines is 1. The average molecular weight is 422 g/mol. The second-order valence-corrected chi connectivity index (χ2v) is 7.49. The Balaban J connectivity index is 1.53. The molecule has 1 unspecified atom stereocenters. The van der Waals surface area contributed by atoms with Crippen LogP contribution < -0.4 is 15.5 Å². The Kier molecular flexibility index (Phi) is 7.65. The molecule has 0 radical (unpaired) electrons. The molecule has 3 rings (SSSR count). The molecular weight excluding hydrogens is 390 g/mol. The first-order valence-electron chi connectivity index (χ1n) is 10.8. The van der Waals surface area contributed by atoms with Gasteiger partial charge < -0.3 is 20.4 Å². The molecule has 0 aliphatic carbocycles. The van der Waals surface area contributed by atoms with Crippen LogP contribution in [0.1, 0.15) is 36.2 Å². The van der Waals surface area contributed by atoms with E-state index in [9.17, 15) is 9.59 Å². The van der Waals surface area contributed by atoms with Crippen molar-refractivity contribution in [2.24, 2.45) is 4.99 Å². The van der Waals surface area contributed by atoms with Crippen molar-refractivity contribution in [2.45, 2.75) is 32.9 Å². The van der Waals surface area contributed by atoms with Gasteiger partial charge in [0.1, 0.15) is 0 Å². The number of rotatable bonds is 7. The fourth-order valence-electron chi connectivity index (χ4n) is 3.69. The van der Waals surface area contributed by atoms with Gasteiger partial charge in [0, 0.05) is 50.9 Å². The largest absolute Gasteiger partial charge is 0.352 e. The van der Waals surface area contributed by atoms with Gasteiger partial charge in [0.05, 0.1) is 6.04 Å². The van der Waals surface area contributed by atoms with E-state index in [-0.39, 0.29) is 17.9 Å². The van der Waals surface area contributed by atoms with Crippen molar-refractivity contribution in [2.75, 3.05) is 31.6 Å². The summed E-state index contributed by atoms with van der Waals surface area (Å²) >= 11 is 0. The van der Waals surface area contributed by atoms with E-state index in [1.54, 1.807) is 16.8 Å². The fraction of sp³-hybridized carbons (Fsp3) is 0.375. The molecule has 164 valence electrons. The minimum absolute atomic E-state index is 0.00651. The van der Waals surface area contributed by atoms with Crippen LogP contribution in [0.2, 0.25) is 0 Å². The van der Waals surface area contributed by atoms with Gasteiger partial charge in [-0.25, -0.2) is 0 Å². The van der Waals surface area contributed by atoms with E-state index in [1.165, 1.54) is 0 Å². The molecule has 7 nitrogen and oxygen atoms in total. The maximum Gasteiger partial charge on any atom is 0.253 e. The summed E-state index contributed by atoms with van der Waals surface area (Å²) < 4.78 is 0. The Hall–Kier alpha value is -3.35. The summed E-state index contributed by atoms with van der Waals surface area (Å²) in [6.07, 6.45) is 0.428. The molecule has 1 aliphatic rings. The lowest BCUT2D eigenvalue weighted by Crippen LogP contribution is -2.44. The van der Waals surface area contributed by atoms with E-state index in [0.717, 1.165) is 11.3 Å². The smallest absolute Gasteiger partial charge is 0.253 e. The van der Waals surface area contributed by atoms with Gasteiger partial charge in [0.25, 0.3) is 5.91 Å². The summed E-state index contributed by atoms with van der Waals surface area (Å²) in [5.41, 5.74) is 2.66. The van der Waals surface area contributed by atoms with E-state index in [1.807, 2.05) is 68.4 Å². The second-order valence-electron chi connectivity index (χ2n) is 7.49. The van der Waals surface area contributed by atoms with E-state index in [0.29, 0.717) is 44.1 Å². The van der Waals surface area contributed by atoms with Crippen molar-refractivity contribution in [3.63, 3.8) is 0 Å². The molecule has 2 aromatic rings. The Bertz CT molecular complexity index is 907. The highest BCUT2D eigenvalue weighted by Crippen LogP contribution is 2.21. The van der Waals surface area contributed by atoms with Gasteiger partial charge in [-0.2, -0.15) is 0 Å². The third-order valence-electron chi connectivity index (χ3n) is 5.47. The van der Waals surface area contributed by atoms with E-state index >= 15 is 0 Å². The lowest BCUT2D eigenvalue weighted by atomic mass is 10.1. The highest BCUT2D eigenvalue weighted by molar-refractivity contribution is 5.97. The number of carbonyl (C=O) groups is 2. The number of carbonyl (C=O) groups excluding carboxylic acids is 2. The van der Waals surface area contributed by atoms with Crippen LogP contribution in [0.25, 0.3) is 0 Å². The number of amides is 2. The molecule has 0 spiro atoms. The minimum atomic E-state index is -0.00651. The van der Waals surface area contributed by atoms with Crippen LogP contribution in [0.5, 0.6) is 0 Å². The monoisotopic (exact) mass is 421 g/mol. The van der Waals surface area contributed by atoms with Crippen molar-refractivity contribution in [3.8, 4) is 0 Å². The number of hydrogen-bond donors (Lipinski definition) is 2. The summed E-state index contributed by atoms with van der Waals surface area (Å²) in [6.45, 7) is 6.54. The zero-order valence-corrected chi connectivity index (χ0v) is 18.5. The van der Waals surface area contributed by atoms with Crippen LogP contribution in [0.3, 0.4) is 0 Å². The lowest BCUT2D eigenvalue weighted by Gasteiger charge is -2.19. The molecule has 2 amide bonds. The number of guanidine groups is 1. The SMILES string of the molecule is CCN(CC)C(=O)c1ccc(CNC(=NC)NC2CC(=O)N(c3ccccc3)C2)cc1. The number of aliphatic imine (C=N–C) groups is 1. The molecule has 1 aliphatic heterocycles. The number of nitrogens with zero attached hydrogens (tertiary/aromatic N) is 3. The molecular formula is C24H31N5O2. The minimum Gasteiger partial charge on any atom is -0.352 e. The molecule has 31 heavy (non-hydrogen) atoms. The first-order chi connectivity index (χ1) is 15.0. The van der Waals surface area contributed by atoms with E-state index in [2.05, 4.69) is 15.6 Å². The zero-order chi connectivity index (χ0) is 22.2. The molecule has 0 saturated carbocycles. The Morgan fingerprint density at radius 3 is 2.39 bits per heavy atom. The van der Waals surface area contributed by atoms with Gasteiger partial charge in [-0.05, 0) is 43.7 Å². The maximum atomic E-state index is 12.4. The topological polar surface area (TPSA) is 77.0 Å². The number of benzene rings is 2. The molecule has 1 fully saturated rings. The molecule has 7 heteroatoms. The predicted molar refractivity (Wildman–Crippen MR) is 124 cm³/mol. The summed E-state index contributed by atoms with van der Waals surface area (Å²) in [4.78, 5) is 32.7. The van der Waals surface area contributed by atoms with Gasteiger partial charge in [-0.3, -0.25) is 14.6 Å². The highest BCUT2D eigenvalue weighted by atomic mass is 16.2. The van der Waals surface area contributed by atoms with Crippen molar-refractivity contribution in [3.05, 3.63) is 65.7 Å². The van der Waals surface area contributed by atoms with Gasteiger partial charge >= 0.3 is 0 Å². The first-order valence-corrected chi connectivity index (χ1v) is 10.8. The highest BCUT2D eigenvalue weighted by Gasteiger charge is 2.31. The van der Waals surface area contributed by atoms with E-state index in [4.69, 9.17) is 0 Å². The van der Waals surface area contributed by atoms with Crippen LogP contribution >= 0.6 is 0 Å². The van der Waals surface area contributed by atoms with Gasteiger partial charge in [-0.1, -0.05) is 30.3 Å². The molecule has 1 saturated heterocycles. The number of para-hydroxylation sites is 1. The van der Waals surface area contributed by atoms with Crippen LogP contribution in [-0.4, -0.2) is 55.4 Å². The average Bonchev–Trinajstić information content (AvgIpc) is 3.18. The molecule has 1 atom stereocenters. The van der Waals surface area contributed by atoms with E-state index < -0.39 is 0 Å². The Labute approximate surface area is 184 Å². The second kappa shape index (κ2) is 10.6. The summed E-state index contributed by atoms with van der Waals surface area (Å²) in [5.74, 6) is 0.805. The maximum absolute atomic E-state index is 12.4. The normalized spacial score (nSPS) is 16.4. The van der Waals surface area contributed by atoms with Crippen LogP contribution in [-0.2, 0) is 11.3 Å². The quantitative estimate of drug-likeness (QED) is 0.532. The predicted octanol–water partition coefficient (Wildman–Crippen LogP) is 2.64. The third-order valence-corrected chi connectivity index (χ3v) is 5.47. The van der Waals surface area contributed by atoms with Gasteiger partial charge in [0.2, 0.25) is 5.91 Å². The van der Waals surface area contributed by atoms with Crippen LogP contribution in [0.4, 0.5) is 5.69 Å². The molecule has 2 aromatic carbocycles. The molecule has 0 bridgehead atoms. The lowest BCUT2D eigenvalue weighted by molar-refractivity contribution is -0.117. The Morgan fingerprint density at radius 1 is 1.10 bits per heavy atom. The number of hydrogen-bond acceptors (Lipinski definition) is 3. The van der Waals surface area contributed by atoms with Crippen molar-refractivity contribution < 1.29 is 9.59 Å². The molecule has 0 aromatic heterocycles. The fourth-order valence-corrected chi connectivity index (χ4v) is 3.69. The standard InChI is InChI=1S/C24H31N5O2/c1-4-28(5-2)23(31)19-13-11-18(12-14-19)16-26-24(25-3)27-20-15-22(30)29(17-20)21-9-7-6-8-10-21/h6-14,20H,4-5,15-17H2,1-3H3,(H2,25,26,27). The molecule has 2 N–H and O–H groups in total. The van der Waals surface area contributed by atoms with Gasteiger partial charge in [-0.15, -0.1) is 0 Å². The summed E-state index contributed by atoms with van der Waals surface area (Å²) in [7, 11) is 1.72. The van der Waals surface area contributed by atoms with Gasteiger partial charge in [0.15, 0.2) is 5.96 Å². The van der Waals surface area contributed by atoms with Crippen LogP contribution in [0.15, 0.2) is 59.6 Å². The third kappa shape index (κ3) is 5.63. The Morgan fingerprint density at radius 2 is 1.77 bits per heavy atom. The molecule has 1 heterocycles. The van der Waals surface area contributed by atoms with Crippen molar-refractivity contribution >= 4 is 23.5 Å². The van der Waals surface area contributed by atoms with Crippen LogP contribution in [0, 0.1) is 0 Å². The number of nitrogens with one attached hydrogen (secondary N) is 2. The van der Waals surface area contributed by atoms with Crippen molar-refractivity contribution in [1.29, 1.82) is 0 Å². The van der Waals surface area contributed by atoms with Crippen molar-refractivity contribution in [1.82, 2.24) is 15.5 Å². The zero-order valence-electron chi connectivity index (χ0n) is 18.5. The first kappa shape index (κ1) is 22.3. The summed E-state index contributed by atoms with van der Waals surface area (Å²) in [6, 6.07) is 17.3. The summed E-state index contributed by atoms with van der Waals surface area (Å²) in [5, 5.41) is 6.63.